The molecule has 2 rings (SSSR count). The summed E-state index contributed by atoms with van der Waals surface area (Å²) in [5, 5.41) is 10.1. The van der Waals surface area contributed by atoms with Crippen LogP contribution < -0.4 is 16.6 Å². The lowest BCUT2D eigenvalue weighted by atomic mass is 10.4. The molecule has 0 aromatic carbocycles. The van der Waals surface area contributed by atoms with Crippen LogP contribution in [0, 0.1) is 11.6 Å². The summed E-state index contributed by atoms with van der Waals surface area (Å²) in [6.45, 7) is 0.840. The number of hydrazine groups is 1. The molecule has 2 heterocycles. The molecule has 9 heteroatoms. The number of hydrogen-bond donors (Lipinski definition) is 3. The van der Waals surface area contributed by atoms with E-state index in [0.29, 0.717) is 19.2 Å². The van der Waals surface area contributed by atoms with Crippen molar-refractivity contribution in [3.8, 4) is 0 Å². The van der Waals surface area contributed by atoms with E-state index in [1.807, 2.05) is 5.43 Å². The molecule has 2 aromatic heterocycles. The molecule has 0 aliphatic carbocycles. The second kappa shape index (κ2) is 5.36. The maximum Gasteiger partial charge on any atom is 0.178 e. The Hall–Kier alpha value is -2.29. The predicted molar refractivity (Wildman–Crippen MR) is 60.5 cm³/mol. The number of aromatic nitrogens is 4. The molecule has 4 N–H and O–H groups in total. The Labute approximate surface area is 101 Å². The topological polar surface area (TPSA) is 93.7 Å². The first-order chi connectivity index (χ1) is 8.70. The number of nitrogens with one attached hydrogen (secondary N) is 2. The number of nitrogen functional groups attached to an aromatic ring is 1. The van der Waals surface area contributed by atoms with E-state index in [1.54, 1.807) is 10.9 Å². The van der Waals surface area contributed by atoms with Crippen molar-refractivity contribution in [3.05, 3.63) is 30.1 Å². The standard InChI is InChI=1S/C9H11F2N7/c10-6-5-7(11)9(16-12)15-8(6)13-1-3-18-4-2-14-17-18/h2,4-5H,1,3,12H2,(H2,13,15,16). The fourth-order valence-electron chi connectivity index (χ4n) is 1.33. The van der Waals surface area contributed by atoms with Gasteiger partial charge in [-0.1, -0.05) is 5.21 Å². The number of nitrogens with zero attached hydrogens (tertiary/aromatic N) is 4. The number of halogens is 2. The molecule has 0 atom stereocenters. The van der Waals surface area contributed by atoms with Gasteiger partial charge in [-0.15, -0.1) is 5.10 Å². The highest BCUT2D eigenvalue weighted by Gasteiger charge is 2.10. The van der Waals surface area contributed by atoms with Gasteiger partial charge < -0.3 is 10.7 Å². The Kier molecular flexibility index (Phi) is 3.63. The van der Waals surface area contributed by atoms with E-state index in [1.165, 1.54) is 6.20 Å². The minimum absolute atomic E-state index is 0.0792. The summed E-state index contributed by atoms with van der Waals surface area (Å²) < 4.78 is 28.0. The van der Waals surface area contributed by atoms with Crippen LogP contribution in [0.4, 0.5) is 20.4 Å². The number of rotatable bonds is 5. The first-order valence-electron chi connectivity index (χ1n) is 5.11. The van der Waals surface area contributed by atoms with Gasteiger partial charge in [0.2, 0.25) is 0 Å². The van der Waals surface area contributed by atoms with Crippen LogP contribution in [0.5, 0.6) is 0 Å². The van der Waals surface area contributed by atoms with Crippen LogP contribution in [0.1, 0.15) is 0 Å². The predicted octanol–water partition coefficient (Wildman–Crippen LogP) is 0.349. The highest BCUT2D eigenvalue weighted by Crippen LogP contribution is 2.17. The quantitative estimate of drug-likeness (QED) is 0.527. The molecule has 18 heavy (non-hydrogen) atoms. The van der Waals surface area contributed by atoms with E-state index in [0.717, 1.165) is 0 Å². The van der Waals surface area contributed by atoms with Gasteiger partial charge in [0.1, 0.15) is 0 Å². The first kappa shape index (κ1) is 12.2. The SMILES string of the molecule is NNc1nc(NCCn2ccnn2)c(F)cc1F. The number of anilines is 2. The molecule has 7 nitrogen and oxygen atoms in total. The zero-order chi connectivity index (χ0) is 13.0. The second-order valence-electron chi connectivity index (χ2n) is 3.39. The largest absolute Gasteiger partial charge is 0.366 e. The molecule has 0 radical (unpaired) electrons. The average molecular weight is 255 g/mol. The third-order valence-electron chi connectivity index (χ3n) is 2.17. The van der Waals surface area contributed by atoms with Crippen LogP contribution in [0.25, 0.3) is 0 Å². The first-order valence-corrected chi connectivity index (χ1v) is 5.11. The Morgan fingerprint density at radius 2 is 2.06 bits per heavy atom. The second-order valence-corrected chi connectivity index (χ2v) is 3.39. The lowest BCUT2D eigenvalue weighted by Crippen LogP contribution is -2.16. The van der Waals surface area contributed by atoms with Crippen LogP contribution in [-0.4, -0.2) is 26.5 Å². The maximum atomic E-state index is 13.4. The van der Waals surface area contributed by atoms with Crippen LogP contribution in [0.15, 0.2) is 18.5 Å². The van der Waals surface area contributed by atoms with Crippen molar-refractivity contribution >= 4 is 11.6 Å². The summed E-state index contributed by atoms with van der Waals surface area (Å²) in [7, 11) is 0. The van der Waals surface area contributed by atoms with E-state index in [4.69, 9.17) is 5.84 Å². The zero-order valence-electron chi connectivity index (χ0n) is 9.27. The summed E-state index contributed by atoms with van der Waals surface area (Å²) in [5.41, 5.74) is 2.05. The monoisotopic (exact) mass is 255 g/mol. The van der Waals surface area contributed by atoms with Crippen LogP contribution >= 0.6 is 0 Å². The summed E-state index contributed by atoms with van der Waals surface area (Å²) in [4.78, 5) is 3.67. The minimum Gasteiger partial charge on any atom is -0.366 e. The molecule has 0 saturated carbocycles. The molecular weight excluding hydrogens is 244 g/mol. The van der Waals surface area contributed by atoms with Gasteiger partial charge in [-0.05, 0) is 0 Å². The van der Waals surface area contributed by atoms with Gasteiger partial charge in [0, 0.05) is 18.8 Å². The lowest BCUT2D eigenvalue weighted by Gasteiger charge is -2.09. The summed E-state index contributed by atoms with van der Waals surface area (Å²) in [5.74, 6) is 3.11. The molecule has 0 unspecified atom stereocenters. The van der Waals surface area contributed by atoms with Gasteiger partial charge in [-0.3, -0.25) is 4.68 Å². The Bertz CT molecular complexity index is 514. The molecule has 0 spiro atoms. The highest BCUT2D eigenvalue weighted by molar-refractivity contribution is 5.46. The van der Waals surface area contributed by atoms with Crippen LogP contribution in [-0.2, 0) is 6.54 Å². The molecule has 0 aliphatic heterocycles. The molecule has 0 saturated heterocycles. The molecule has 0 bridgehead atoms. The van der Waals surface area contributed by atoms with Gasteiger partial charge in [-0.2, -0.15) is 0 Å². The minimum atomic E-state index is -0.850. The van der Waals surface area contributed by atoms with Crippen molar-refractivity contribution < 1.29 is 8.78 Å². The van der Waals surface area contributed by atoms with Crippen molar-refractivity contribution in [1.82, 2.24) is 20.0 Å². The molecule has 96 valence electrons. The fourth-order valence-corrected chi connectivity index (χ4v) is 1.33. The third-order valence-corrected chi connectivity index (χ3v) is 2.17. The smallest absolute Gasteiger partial charge is 0.178 e. The van der Waals surface area contributed by atoms with Gasteiger partial charge in [0.25, 0.3) is 0 Å². The molecule has 0 fully saturated rings. The average Bonchev–Trinajstić information content (AvgIpc) is 2.85. The van der Waals surface area contributed by atoms with Crippen molar-refractivity contribution in [1.29, 1.82) is 0 Å². The molecule has 0 amide bonds. The normalized spacial score (nSPS) is 10.4. The van der Waals surface area contributed by atoms with Crippen LogP contribution in [0.2, 0.25) is 0 Å². The maximum absolute atomic E-state index is 13.4. The Balaban J connectivity index is 2.00. The summed E-state index contributed by atoms with van der Waals surface area (Å²) in [6.07, 6.45) is 3.20. The number of hydrogen-bond acceptors (Lipinski definition) is 6. The van der Waals surface area contributed by atoms with Crippen LogP contribution in [0.3, 0.4) is 0 Å². The van der Waals surface area contributed by atoms with E-state index in [9.17, 15) is 8.78 Å². The van der Waals surface area contributed by atoms with Crippen molar-refractivity contribution in [2.24, 2.45) is 5.84 Å². The highest BCUT2D eigenvalue weighted by atomic mass is 19.1. The Morgan fingerprint density at radius 1 is 1.28 bits per heavy atom. The van der Waals surface area contributed by atoms with Gasteiger partial charge in [0.05, 0.1) is 12.7 Å². The zero-order valence-corrected chi connectivity index (χ0v) is 9.27. The van der Waals surface area contributed by atoms with E-state index in [-0.39, 0.29) is 11.6 Å². The van der Waals surface area contributed by atoms with E-state index in [2.05, 4.69) is 20.6 Å². The molecule has 0 aliphatic rings. The van der Waals surface area contributed by atoms with Crippen molar-refractivity contribution in [2.75, 3.05) is 17.3 Å². The summed E-state index contributed by atoms with van der Waals surface area (Å²) >= 11 is 0. The van der Waals surface area contributed by atoms with Crippen molar-refractivity contribution in [2.45, 2.75) is 6.54 Å². The number of pyridine rings is 1. The fraction of sp³-hybridized carbons (Fsp3) is 0.222. The molecule has 2 aromatic rings. The van der Waals surface area contributed by atoms with E-state index >= 15 is 0 Å². The Morgan fingerprint density at radius 3 is 2.72 bits per heavy atom. The van der Waals surface area contributed by atoms with Gasteiger partial charge in [-0.25, -0.2) is 19.6 Å². The summed E-state index contributed by atoms with van der Waals surface area (Å²) in [6, 6.07) is 0.708. The van der Waals surface area contributed by atoms with Gasteiger partial charge >= 0.3 is 0 Å². The molecular formula is C9H11F2N7. The van der Waals surface area contributed by atoms with Crippen molar-refractivity contribution in [3.63, 3.8) is 0 Å². The van der Waals surface area contributed by atoms with Gasteiger partial charge in [0.15, 0.2) is 23.3 Å². The lowest BCUT2D eigenvalue weighted by molar-refractivity contribution is 0.573. The number of nitrogens with two attached hydrogens (primary N) is 1. The van der Waals surface area contributed by atoms with E-state index < -0.39 is 11.6 Å². The third kappa shape index (κ3) is 2.69.